The van der Waals surface area contributed by atoms with Crippen molar-refractivity contribution in [3.8, 4) is 5.75 Å². The third kappa shape index (κ3) is 3.55. The summed E-state index contributed by atoms with van der Waals surface area (Å²) >= 11 is 0. The molecule has 1 atom stereocenters. The molecule has 0 radical (unpaired) electrons. The van der Waals surface area contributed by atoms with Crippen LogP contribution in [0.15, 0.2) is 48.5 Å². The Morgan fingerprint density at radius 1 is 1.14 bits per heavy atom. The Kier molecular flexibility index (Phi) is 4.23. The third-order valence-corrected chi connectivity index (χ3v) is 3.57. The van der Waals surface area contributed by atoms with E-state index in [0.717, 1.165) is 17.7 Å². The lowest BCUT2D eigenvalue weighted by Gasteiger charge is -2.12. The minimum Gasteiger partial charge on any atom is -0.488 e. The summed E-state index contributed by atoms with van der Waals surface area (Å²) in [7, 11) is 0. The predicted molar refractivity (Wildman–Crippen MR) is 81.2 cm³/mol. The van der Waals surface area contributed by atoms with Crippen molar-refractivity contribution < 1.29 is 13.9 Å². The Labute approximate surface area is 128 Å². The third-order valence-electron chi connectivity index (χ3n) is 3.57. The molecule has 2 aromatic carbocycles. The Balaban J connectivity index is 1.41. The molecule has 0 bridgehead atoms. The van der Waals surface area contributed by atoms with Gasteiger partial charge in [-0.15, -0.1) is 0 Å². The van der Waals surface area contributed by atoms with Gasteiger partial charge in [0.25, 0.3) is 0 Å². The van der Waals surface area contributed by atoms with E-state index >= 15 is 0 Å². The molecule has 5 heteroatoms. The Morgan fingerprint density at radius 3 is 2.68 bits per heavy atom. The molecule has 0 saturated heterocycles. The molecule has 0 aliphatic carbocycles. The number of fused-ring (bicyclic) bond motifs is 1. The molecule has 4 nitrogen and oxygen atoms in total. The molecular formula is C17H17FN2O2. The molecule has 1 heterocycles. The number of amides is 2. The smallest absolute Gasteiger partial charge is 0.315 e. The van der Waals surface area contributed by atoms with Crippen LogP contribution < -0.4 is 15.4 Å². The van der Waals surface area contributed by atoms with Gasteiger partial charge in [-0.05, 0) is 29.3 Å². The van der Waals surface area contributed by atoms with Gasteiger partial charge in [-0.25, -0.2) is 9.18 Å². The number of rotatable bonds is 4. The van der Waals surface area contributed by atoms with E-state index in [1.54, 1.807) is 12.1 Å². The molecule has 2 amide bonds. The number of halogens is 1. The van der Waals surface area contributed by atoms with Gasteiger partial charge in [0, 0.05) is 13.0 Å². The van der Waals surface area contributed by atoms with Gasteiger partial charge in [-0.3, -0.25) is 0 Å². The summed E-state index contributed by atoms with van der Waals surface area (Å²) in [6, 6.07) is 13.7. The van der Waals surface area contributed by atoms with Crippen molar-refractivity contribution in [2.24, 2.45) is 0 Å². The van der Waals surface area contributed by atoms with E-state index in [9.17, 15) is 9.18 Å². The number of carbonyl (C=O) groups is 1. The van der Waals surface area contributed by atoms with Gasteiger partial charge in [-0.2, -0.15) is 0 Å². The lowest BCUT2D eigenvalue weighted by Crippen LogP contribution is -2.40. The summed E-state index contributed by atoms with van der Waals surface area (Å²) < 4.78 is 18.5. The summed E-state index contributed by atoms with van der Waals surface area (Å²) in [6.07, 6.45) is 0.767. The molecule has 1 aliphatic rings. The minimum absolute atomic E-state index is 0.0334. The topological polar surface area (TPSA) is 50.4 Å². The first-order chi connectivity index (χ1) is 10.7. The molecule has 0 aromatic heterocycles. The van der Waals surface area contributed by atoms with Gasteiger partial charge in [-0.1, -0.05) is 30.3 Å². The number of hydrogen-bond donors (Lipinski definition) is 2. The zero-order valence-electron chi connectivity index (χ0n) is 12.0. The Morgan fingerprint density at radius 2 is 1.91 bits per heavy atom. The number of carbonyl (C=O) groups excluding carboxylic acids is 1. The van der Waals surface area contributed by atoms with Crippen molar-refractivity contribution in [1.29, 1.82) is 0 Å². The maximum atomic E-state index is 12.8. The number of hydrogen-bond acceptors (Lipinski definition) is 2. The van der Waals surface area contributed by atoms with E-state index in [1.165, 1.54) is 17.7 Å². The van der Waals surface area contributed by atoms with Gasteiger partial charge in [0.05, 0.1) is 6.54 Å². The summed E-state index contributed by atoms with van der Waals surface area (Å²) in [5.74, 6) is 0.604. The number of benzene rings is 2. The molecule has 0 unspecified atom stereocenters. The van der Waals surface area contributed by atoms with Crippen molar-refractivity contribution in [2.45, 2.75) is 19.1 Å². The summed E-state index contributed by atoms with van der Waals surface area (Å²) in [5.41, 5.74) is 2.02. The van der Waals surface area contributed by atoms with Crippen molar-refractivity contribution >= 4 is 6.03 Å². The largest absolute Gasteiger partial charge is 0.488 e. The standard InChI is InChI=1S/C17H17FN2O2/c18-14-7-5-12(6-8-14)10-19-17(21)20-11-15-9-13-3-1-2-4-16(13)22-15/h1-8,15H,9-11H2,(H2,19,20,21)/t15-/m1/s1. The fourth-order valence-electron chi connectivity index (χ4n) is 2.42. The summed E-state index contributed by atoms with van der Waals surface area (Å²) in [5, 5.41) is 5.53. The first-order valence-electron chi connectivity index (χ1n) is 7.21. The second kappa shape index (κ2) is 6.47. The summed E-state index contributed by atoms with van der Waals surface area (Å²) in [6.45, 7) is 0.807. The van der Waals surface area contributed by atoms with Crippen LogP contribution in [0.4, 0.5) is 9.18 Å². The van der Waals surface area contributed by atoms with Gasteiger partial charge >= 0.3 is 6.03 Å². The normalized spacial score (nSPS) is 15.8. The fraction of sp³-hybridized carbons (Fsp3) is 0.235. The van der Waals surface area contributed by atoms with Gasteiger partial charge in [0.1, 0.15) is 17.7 Å². The quantitative estimate of drug-likeness (QED) is 0.912. The maximum absolute atomic E-state index is 12.8. The molecule has 0 saturated carbocycles. The molecule has 1 aliphatic heterocycles. The zero-order chi connectivity index (χ0) is 15.4. The van der Waals surface area contributed by atoms with E-state index in [-0.39, 0.29) is 18.0 Å². The lowest BCUT2D eigenvalue weighted by molar-refractivity contribution is 0.214. The van der Waals surface area contributed by atoms with E-state index in [4.69, 9.17) is 4.74 Å². The average molecular weight is 300 g/mol. The number of urea groups is 1. The molecule has 0 spiro atoms. The van der Waals surface area contributed by atoms with Gasteiger partial charge in [0.15, 0.2) is 0 Å². The van der Waals surface area contributed by atoms with Gasteiger partial charge < -0.3 is 15.4 Å². The number of para-hydroxylation sites is 1. The average Bonchev–Trinajstić information content (AvgIpc) is 2.95. The highest BCUT2D eigenvalue weighted by Gasteiger charge is 2.22. The molecule has 3 rings (SSSR count). The molecule has 2 aromatic rings. The zero-order valence-corrected chi connectivity index (χ0v) is 12.0. The molecule has 114 valence electrons. The number of nitrogens with one attached hydrogen (secondary N) is 2. The Hall–Kier alpha value is -2.56. The van der Waals surface area contributed by atoms with Crippen LogP contribution in [0, 0.1) is 5.82 Å². The molecule has 0 fully saturated rings. The van der Waals surface area contributed by atoms with Crippen LogP contribution in [-0.2, 0) is 13.0 Å². The minimum atomic E-state index is -0.286. The van der Waals surface area contributed by atoms with Crippen LogP contribution in [0.2, 0.25) is 0 Å². The van der Waals surface area contributed by atoms with Gasteiger partial charge in [0.2, 0.25) is 0 Å². The SMILES string of the molecule is O=C(NCc1ccc(F)cc1)NC[C@H]1Cc2ccccc2O1. The Bertz CT molecular complexity index is 633. The van der Waals surface area contributed by atoms with Crippen LogP contribution in [0.3, 0.4) is 0 Å². The van der Waals surface area contributed by atoms with Crippen molar-refractivity contribution in [1.82, 2.24) is 10.6 Å². The second-order valence-electron chi connectivity index (χ2n) is 5.24. The monoisotopic (exact) mass is 300 g/mol. The van der Waals surface area contributed by atoms with Crippen LogP contribution >= 0.6 is 0 Å². The van der Waals surface area contributed by atoms with E-state index in [2.05, 4.69) is 10.6 Å². The van der Waals surface area contributed by atoms with Crippen molar-refractivity contribution in [3.05, 3.63) is 65.5 Å². The van der Waals surface area contributed by atoms with Crippen molar-refractivity contribution in [2.75, 3.05) is 6.54 Å². The van der Waals surface area contributed by atoms with Crippen LogP contribution in [0.25, 0.3) is 0 Å². The fourth-order valence-corrected chi connectivity index (χ4v) is 2.42. The molecule has 2 N–H and O–H groups in total. The van der Waals surface area contributed by atoms with E-state index < -0.39 is 0 Å². The van der Waals surface area contributed by atoms with Crippen molar-refractivity contribution in [3.63, 3.8) is 0 Å². The predicted octanol–water partition coefficient (Wildman–Crippen LogP) is 2.63. The molecule has 22 heavy (non-hydrogen) atoms. The number of ether oxygens (including phenoxy) is 1. The summed E-state index contributed by atoms with van der Waals surface area (Å²) in [4.78, 5) is 11.8. The van der Waals surface area contributed by atoms with Crippen LogP contribution in [0.5, 0.6) is 5.75 Å². The first-order valence-corrected chi connectivity index (χ1v) is 7.21. The van der Waals surface area contributed by atoms with Crippen LogP contribution in [-0.4, -0.2) is 18.7 Å². The van der Waals surface area contributed by atoms with E-state index in [0.29, 0.717) is 13.1 Å². The van der Waals surface area contributed by atoms with E-state index in [1.807, 2.05) is 24.3 Å². The molecular weight excluding hydrogens is 283 g/mol. The maximum Gasteiger partial charge on any atom is 0.315 e. The highest BCUT2D eigenvalue weighted by molar-refractivity contribution is 5.73. The highest BCUT2D eigenvalue weighted by atomic mass is 19.1. The second-order valence-corrected chi connectivity index (χ2v) is 5.24. The van der Waals surface area contributed by atoms with Crippen LogP contribution in [0.1, 0.15) is 11.1 Å². The highest BCUT2D eigenvalue weighted by Crippen LogP contribution is 2.27. The first kappa shape index (κ1) is 14.4. The lowest BCUT2D eigenvalue weighted by atomic mass is 10.1.